The molecular formula is C12H6Cl4O. The normalized spacial score (nSPS) is 10.6. The van der Waals surface area contributed by atoms with Crippen LogP contribution in [0.15, 0.2) is 30.3 Å². The van der Waals surface area contributed by atoms with Crippen molar-refractivity contribution >= 4 is 46.4 Å². The quantitative estimate of drug-likeness (QED) is 0.719. The van der Waals surface area contributed by atoms with Gasteiger partial charge in [0.15, 0.2) is 0 Å². The molecule has 0 bridgehead atoms. The summed E-state index contributed by atoms with van der Waals surface area (Å²) in [7, 11) is 0. The van der Waals surface area contributed by atoms with E-state index in [0.29, 0.717) is 26.2 Å². The second-order valence-corrected chi connectivity index (χ2v) is 5.07. The molecule has 1 N–H and O–H groups in total. The first kappa shape index (κ1) is 12.8. The van der Waals surface area contributed by atoms with Gasteiger partial charge in [0.25, 0.3) is 0 Å². The Kier molecular flexibility index (Phi) is 3.74. The molecule has 0 saturated carbocycles. The molecule has 0 atom stereocenters. The molecule has 5 heteroatoms. The highest BCUT2D eigenvalue weighted by Crippen LogP contribution is 2.39. The summed E-state index contributed by atoms with van der Waals surface area (Å²) in [6.07, 6.45) is 0. The lowest BCUT2D eigenvalue weighted by Gasteiger charge is -2.08. The van der Waals surface area contributed by atoms with Crippen molar-refractivity contribution in [1.29, 1.82) is 0 Å². The third kappa shape index (κ3) is 2.63. The first-order chi connectivity index (χ1) is 7.99. The molecule has 0 amide bonds. The molecule has 0 aromatic heterocycles. The van der Waals surface area contributed by atoms with Gasteiger partial charge in [-0.05, 0) is 29.8 Å². The maximum Gasteiger partial charge on any atom is 0.142 e. The fourth-order valence-corrected chi connectivity index (χ4v) is 2.24. The Bertz CT molecular complexity index is 581. The molecule has 2 aromatic carbocycles. The molecule has 88 valence electrons. The minimum Gasteiger partial charge on any atom is -0.506 e. The standard InChI is InChI=1S/C12H6Cl4O/c13-7-4-8(12(17)11(16)5-7)6-1-2-9(14)10(15)3-6/h1-5,17H. The van der Waals surface area contributed by atoms with Crippen LogP contribution in [0.2, 0.25) is 20.1 Å². The molecule has 0 radical (unpaired) electrons. The predicted octanol–water partition coefficient (Wildman–Crippen LogP) is 5.67. The summed E-state index contributed by atoms with van der Waals surface area (Å²) in [4.78, 5) is 0. The van der Waals surface area contributed by atoms with E-state index in [0.717, 1.165) is 0 Å². The molecular weight excluding hydrogens is 302 g/mol. The van der Waals surface area contributed by atoms with Gasteiger partial charge in [0.1, 0.15) is 5.75 Å². The molecule has 0 heterocycles. The topological polar surface area (TPSA) is 20.2 Å². The van der Waals surface area contributed by atoms with Crippen LogP contribution in [0.3, 0.4) is 0 Å². The summed E-state index contributed by atoms with van der Waals surface area (Å²) in [6.45, 7) is 0. The summed E-state index contributed by atoms with van der Waals surface area (Å²) in [6, 6.07) is 8.11. The number of hydrogen-bond donors (Lipinski definition) is 1. The minimum absolute atomic E-state index is 0.0329. The van der Waals surface area contributed by atoms with E-state index in [1.807, 2.05) is 0 Å². The lowest BCUT2D eigenvalue weighted by molar-refractivity contribution is 0.477. The van der Waals surface area contributed by atoms with Gasteiger partial charge in [0.2, 0.25) is 0 Å². The van der Waals surface area contributed by atoms with Crippen molar-refractivity contribution < 1.29 is 5.11 Å². The zero-order valence-electron chi connectivity index (χ0n) is 8.35. The van der Waals surface area contributed by atoms with Crippen molar-refractivity contribution in [2.24, 2.45) is 0 Å². The van der Waals surface area contributed by atoms with E-state index >= 15 is 0 Å². The number of rotatable bonds is 1. The Labute approximate surface area is 118 Å². The molecule has 0 aliphatic rings. The number of hydrogen-bond acceptors (Lipinski definition) is 1. The van der Waals surface area contributed by atoms with Crippen molar-refractivity contribution in [2.75, 3.05) is 0 Å². The third-order valence-electron chi connectivity index (χ3n) is 2.26. The van der Waals surface area contributed by atoms with Gasteiger partial charge >= 0.3 is 0 Å². The Balaban J connectivity index is 2.64. The Morgan fingerprint density at radius 2 is 1.47 bits per heavy atom. The van der Waals surface area contributed by atoms with Gasteiger partial charge in [-0.2, -0.15) is 0 Å². The van der Waals surface area contributed by atoms with E-state index in [4.69, 9.17) is 46.4 Å². The lowest BCUT2D eigenvalue weighted by Crippen LogP contribution is -1.82. The average molecular weight is 308 g/mol. The summed E-state index contributed by atoms with van der Waals surface area (Å²) >= 11 is 23.5. The van der Waals surface area contributed by atoms with Crippen LogP contribution >= 0.6 is 46.4 Å². The molecule has 0 fully saturated rings. The maximum atomic E-state index is 9.87. The summed E-state index contributed by atoms with van der Waals surface area (Å²) in [5.74, 6) is -0.0329. The van der Waals surface area contributed by atoms with Gasteiger partial charge in [-0.1, -0.05) is 52.5 Å². The van der Waals surface area contributed by atoms with Crippen LogP contribution in [0, 0.1) is 0 Å². The van der Waals surface area contributed by atoms with Crippen LogP contribution in [0.5, 0.6) is 5.75 Å². The summed E-state index contributed by atoms with van der Waals surface area (Å²) in [5.41, 5.74) is 1.21. The number of aromatic hydroxyl groups is 1. The molecule has 1 nitrogen and oxygen atoms in total. The van der Waals surface area contributed by atoms with Crippen LogP contribution in [-0.2, 0) is 0 Å². The first-order valence-corrected chi connectivity index (χ1v) is 6.13. The number of phenols is 1. The molecule has 0 spiro atoms. The Morgan fingerprint density at radius 3 is 2.12 bits per heavy atom. The van der Waals surface area contributed by atoms with E-state index in [2.05, 4.69) is 0 Å². The van der Waals surface area contributed by atoms with Crippen molar-refractivity contribution in [3.05, 3.63) is 50.4 Å². The molecule has 17 heavy (non-hydrogen) atoms. The third-order valence-corrected chi connectivity index (χ3v) is 3.50. The predicted molar refractivity (Wildman–Crippen MR) is 73.6 cm³/mol. The van der Waals surface area contributed by atoms with Crippen LogP contribution in [0.4, 0.5) is 0 Å². The average Bonchev–Trinajstić information content (AvgIpc) is 2.27. The summed E-state index contributed by atoms with van der Waals surface area (Å²) in [5, 5.41) is 11.4. The number of phenolic OH excluding ortho intramolecular Hbond substituents is 1. The molecule has 0 aliphatic heterocycles. The van der Waals surface area contributed by atoms with Crippen LogP contribution in [-0.4, -0.2) is 5.11 Å². The zero-order valence-corrected chi connectivity index (χ0v) is 11.4. The fourth-order valence-electron chi connectivity index (χ4n) is 1.45. The van der Waals surface area contributed by atoms with Crippen molar-refractivity contribution in [3.8, 4) is 16.9 Å². The monoisotopic (exact) mass is 306 g/mol. The zero-order chi connectivity index (χ0) is 12.6. The highest BCUT2D eigenvalue weighted by molar-refractivity contribution is 6.42. The SMILES string of the molecule is Oc1c(Cl)cc(Cl)cc1-c1ccc(Cl)c(Cl)c1. The van der Waals surface area contributed by atoms with Crippen LogP contribution < -0.4 is 0 Å². The minimum atomic E-state index is -0.0329. The van der Waals surface area contributed by atoms with Crippen LogP contribution in [0.25, 0.3) is 11.1 Å². The molecule has 0 aliphatic carbocycles. The maximum absolute atomic E-state index is 9.87. The molecule has 0 unspecified atom stereocenters. The fraction of sp³-hybridized carbons (Fsp3) is 0. The van der Waals surface area contributed by atoms with Gasteiger partial charge < -0.3 is 5.11 Å². The first-order valence-electron chi connectivity index (χ1n) is 4.62. The number of benzene rings is 2. The molecule has 0 saturated heterocycles. The second-order valence-electron chi connectivity index (χ2n) is 3.41. The smallest absolute Gasteiger partial charge is 0.142 e. The lowest BCUT2D eigenvalue weighted by atomic mass is 10.0. The van der Waals surface area contributed by atoms with Gasteiger partial charge in [0, 0.05) is 10.6 Å². The van der Waals surface area contributed by atoms with Gasteiger partial charge in [0.05, 0.1) is 15.1 Å². The van der Waals surface area contributed by atoms with E-state index < -0.39 is 0 Å². The van der Waals surface area contributed by atoms with Crippen molar-refractivity contribution in [3.63, 3.8) is 0 Å². The van der Waals surface area contributed by atoms with E-state index in [-0.39, 0.29) is 10.8 Å². The van der Waals surface area contributed by atoms with Gasteiger partial charge in [-0.15, -0.1) is 0 Å². The molecule has 2 rings (SSSR count). The van der Waals surface area contributed by atoms with Crippen molar-refractivity contribution in [1.82, 2.24) is 0 Å². The van der Waals surface area contributed by atoms with Crippen molar-refractivity contribution in [2.45, 2.75) is 0 Å². The summed E-state index contributed by atoms with van der Waals surface area (Å²) < 4.78 is 0. The Hall–Kier alpha value is -0.600. The van der Waals surface area contributed by atoms with Gasteiger partial charge in [-0.3, -0.25) is 0 Å². The second kappa shape index (κ2) is 4.95. The van der Waals surface area contributed by atoms with E-state index in [9.17, 15) is 5.11 Å². The Morgan fingerprint density at radius 1 is 0.765 bits per heavy atom. The van der Waals surface area contributed by atoms with Crippen LogP contribution in [0.1, 0.15) is 0 Å². The van der Waals surface area contributed by atoms with Gasteiger partial charge in [-0.25, -0.2) is 0 Å². The number of halogens is 4. The largest absolute Gasteiger partial charge is 0.506 e. The highest BCUT2D eigenvalue weighted by Gasteiger charge is 2.11. The van der Waals surface area contributed by atoms with E-state index in [1.54, 1.807) is 24.3 Å². The molecule has 2 aromatic rings. The van der Waals surface area contributed by atoms with E-state index in [1.165, 1.54) is 6.07 Å². The highest BCUT2D eigenvalue weighted by atomic mass is 35.5.